The summed E-state index contributed by atoms with van der Waals surface area (Å²) in [6.07, 6.45) is 5.59. The van der Waals surface area contributed by atoms with E-state index in [4.69, 9.17) is 5.73 Å². The molecule has 1 aliphatic heterocycles. The third-order valence-corrected chi connectivity index (χ3v) is 6.08. The smallest absolute Gasteiger partial charge is 0.256 e. The summed E-state index contributed by atoms with van der Waals surface area (Å²) < 4.78 is 0. The molecule has 3 rings (SSSR count). The number of carbonyl (C=O) groups excluding carboxylic acids is 3. The SMILES string of the molecule is CCCCCCCC(=O)N[C@@H](C)C(=O)N1C(=O)C(C)c2ccccc2-c2c(N)cccc21. The molecule has 0 saturated carbocycles. The van der Waals surface area contributed by atoms with Crippen molar-refractivity contribution in [3.8, 4) is 11.1 Å². The van der Waals surface area contributed by atoms with Crippen LogP contribution in [0.4, 0.5) is 11.4 Å². The van der Waals surface area contributed by atoms with Crippen LogP contribution in [0.5, 0.6) is 0 Å². The maximum atomic E-state index is 13.4. The Morgan fingerprint density at radius 3 is 2.53 bits per heavy atom. The highest BCUT2D eigenvalue weighted by Crippen LogP contribution is 2.44. The van der Waals surface area contributed by atoms with Crippen LogP contribution < -0.4 is 16.0 Å². The normalized spacial score (nSPS) is 16.0. The molecule has 0 spiro atoms. The summed E-state index contributed by atoms with van der Waals surface area (Å²) in [6.45, 7) is 5.57. The molecular weight excluding hydrogens is 402 g/mol. The number of imide groups is 1. The summed E-state index contributed by atoms with van der Waals surface area (Å²) in [5.74, 6) is -1.48. The average Bonchev–Trinajstić information content (AvgIpc) is 2.87. The van der Waals surface area contributed by atoms with Crippen molar-refractivity contribution in [2.45, 2.75) is 71.3 Å². The van der Waals surface area contributed by atoms with Gasteiger partial charge >= 0.3 is 0 Å². The maximum absolute atomic E-state index is 13.4. The topological polar surface area (TPSA) is 92.5 Å². The summed E-state index contributed by atoms with van der Waals surface area (Å²) in [4.78, 5) is 40.4. The molecule has 0 radical (unpaired) electrons. The minimum Gasteiger partial charge on any atom is -0.398 e. The van der Waals surface area contributed by atoms with Gasteiger partial charge in [-0.15, -0.1) is 0 Å². The highest BCUT2D eigenvalue weighted by atomic mass is 16.2. The Labute approximate surface area is 190 Å². The lowest BCUT2D eigenvalue weighted by Crippen LogP contribution is -2.50. The van der Waals surface area contributed by atoms with Crippen LogP contribution in [0, 0.1) is 0 Å². The summed E-state index contributed by atoms with van der Waals surface area (Å²) in [5, 5.41) is 2.78. The van der Waals surface area contributed by atoms with Gasteiger partial charge in [-0.1, -0.05) is 62.9 Å². The monoisotopic (exact) mass is 435 g/mol. The Hall–Kier alpha value is -3.15. The Bertz CT molecular complexity index is 1000. The molecule has 0 fully saturated rings. The van der Waals surface area contributed by atoms with Crippen LogP contribution in [0.2, 0.25) is 0 Å². The van der Waals surface area contributed by atoms with E-state index < -0.39 is 17.9 Å². The molecule has 2 aromatic rings. The van der Waals surface area contributed by atoms with E-state index in [9.17, 15) is 14.4 Å². The highest BCUT2D eigenvalue weighted by molar-refractivity contribution is 6.22. The van der Waals surface area contributed by atoms with Gasteiger partial charge in [0.05, 0.1) is 11.6 Å². The molecule has 2 atom stereocenters. The molecule has 1 aliphatic rings. The van der Waals surface area contributed by atoms with Gasteiger partial charge < -0.3 is 11.1 Å². The summed E-state index contributed by atoms with van der Waals surface area (Å²) >= 11 is 0. The van der Waals surface area contributed by atoms with E-state index in [1.807, 2.05) is 24.3 Å². The number of nitrogens with zero attached hydrogens (tertiary/aromatic N) is 1. The van der Waals surface area contributed by atoms with Crippen molar-refractivity contribution in [1.29, 1.82) is 0 Å². The fourth-order valence-corrected chi connectivity index (χ4v) is 4.27. The second-order valence-electron chi connectivity index (χ2n) is 8.52. The number of nitrogens with two attached hydrogens (primary N) is 1. The van der Waals surface area contributed by atoms with Gasteiger partial charge in [0.25, 0.3) is 5.91 Å². The number of nitrogens with one attached hydrogen (secondary N) is 1. The van der Waals surface area contributed by atoms with E-state index in [0.29, 0.717) is 23.4 Å². The largest absolute Gasteiger partial charge is 0.398 e. The first-order valence-corrected chi connectivity index (χ1v) is 11.5. The summed E-state index contributed by atoms with van der Waals surface area (Å²) in [7, 11) is 0. The van der Waals surface area contributed by atoms with Crippen molar-refractivity contribution in [3.05, 3.63) is 48.0 Å². The van der Waals surface area contributed by atoms with E-state index >= 15 is 0 Å². The number of carbonyl (C=O) groups is 3. The number of unbranched alkanes of at least 4 members (excludes halogenated alkanes) is 4. The van der Waals surface area contributed by atoms with Crippen molar-refractivity contribution < 1.29 is 14.4 Å². The predicted molar refractivity (Wildman–Crippen MR) is 128 cm³/mol. The van der Waals surface area contributed by atoms with Crippen molar-refractivity contribution in [1.82, 2.24) is 5.32 Å². The molecule has 3 amide bonds. The number of nitrogen functional groups attached to an aromatic ring is 1. The average molecular weight is 436 g/mol. The molecular formula is C26H33N3O3. The van der Waals surface area contributed by atoms with Gasteiger partial charge in [-0.2, -0.15) is 0 Å². The highest BCUT2D eigenvalue weighted by Gasteiger charge is 2.37. The zero-order chi connectivity index (χ0) is 23.3. The zero-order valence-electron chi connectivity index (χ0n) is 19.2. The number of anilines is 2. The van der Waals surface area contributed by atoms with Crippen LogP contribution in [0.25, 0.3) is 11.1 Å². The molecule has 1 unspecified atom stereocenters. The van der Waals surface area contributed by atoms with Gasteiger partial charge in [-0.05, 0) is 43.5 Å². The second kappa shape index (κ2) is 10.4. The van der Waals surface area contributed by atoms with Gasteiger partial charge in [0, 0.05) is 17.7 Å². The number of hydrogen-bond donors (Lipinski definition) is 2. The molecule has 0 saturated heterocycles. The van der Waals surface area contributed by atoms with Gasteiger partial charge in [0.2, 0.25) is 11.8 Å². The lowest BCUT2D eigenvalue weighted by Gasteiger charge is -2.26. The third kappa shape index (κ3) is 4.85. The van der Waals surface area contributed by atoms with Crippen molar-refractivity contribution in [3.63, 3.8) is 0 Å². The van der Waals surface area contributed by atoms with Crippen LogP contribution in [0.15, 0.2) is 42.5 Å². The van der Waals surface area contributed by atoms with E-state index in [1.54, 1.807) is 32.0 Å². The summed E-state index contributed by atoms with van der Waals surface area (Å²) in [5.41, 5.74) is 9.61. The van der Waals surface area contributed by atoms with E-state index in [-0.39, 0.29) is 11.8 Å². The standard InChI is InChI=1S/C26H33N3O3/c1-4-5-6-7-8-16-23(30)28-18(3)26(32)29-22-15-11-14-21(27)24(22)20-13-10-9-12-19(20)17(2)25(29)31/h9-15,17-18H,4-8,16,27H2,1-3H3,(H,28,30)/t17?,18-/m0/s1. The molecule has 2 aromatic carbocycles. The van der Waals surface area contributed by atoms with Crippen LogP contribution in [-0.2, 0) is 14.4 Å². The van der Waals surface area contributed by atoms with Crippen LogP contribution in [-0.4, -0.2) is 23.8 Å². The Balaban J connectivity index is 1.84. The molecule has 0 bridgehead atoms. The van der Waals surface area contributed by atoms with Crippen LogP contribution in [0.3, 0.4) is 0 Å². The quantitative estimate of drug-likeness (QED) is 0.461. The lowest BCUT2D eigenvalue weighted by atomic mass is 9.92. The maximum Gasteiger partial charge on any atom is 0.256 e. The van der Waals surface area contributed by atoms with Crippen molar-refractivity contribution in [2.24, 2.45) is 0 Å². The number of amides is 3. The second-order valence-corrected chi connectivity index (χ2v) is 8.52. The molecule has 0 aliphatic carbocycles. The van der Waals surface area contributed by atoms with Crippen LogP contribution in [0.1, 0.15) is 70.8 Å². The Morgan fingerprint density at radius 1 is 1.06 bits per heavy atom. The number of benzene rings is 2. The Morgan fingerprint density at radius 2 is 1.78 bits per heavy atom. The molecule has 3 N–H and O–H groups in total. The van der Waals surface area contributed by atoms with Crippen molar-refractivity contribution in [2.75, 3.05) is 10.6 Å². The number of fused-ring (bicyclic) bond motifs is 3. The third-order valence-electron chi connectivity index (χ3n) is 6.08. The first-order chi connectivity index (χ1) is 15.4. The van der Waals surface area contributed by atoms with Crippen molar-refractivity contribution >= 4 is 29.1 Å². The van der Waals surface area contributed by atoms with Crippen LogP contribution >= 0.6 is 0 Å². The number of rotatable bonds is 8. The van der Waals surface area contributed by atoms with Gasteiger partial charge in [0.1, 0.15) is 6.04 Å². The van der Waals surface area contributed by atoms with E-state index in [2.05, 4.69) is 12.2 Å². The van der Waals surface area contributed by atoms with Gasteiger partial charge in [-0.25, -0.2) is 4.90 Å². The number of hydrogen-bond acceptors (Lipinski definition) is 4. The molecule has 6 nitrogen and oxygen atoms in total. The minimum absolute atomic E-state index is 0.172. The summed E-state index contributed by atoms with van der Waals surface area (Å²) in [6, 6.07) is 12.0. The Kier molecular flexibility index (Phi) is 7.67. The van der Waals surface area contributed by atoms with E-state index in [0.717, 1.165) is 43.2 Å². The zero-order valence-corrected chi connectivity index (χ0v) is 19.2. The first kappa shape index (κ1) is 23.5. The predicted octanol–water partition coefficient (Wildman–Crippen LogP) is 4.78. The molecule has 1 heterocycles. The molecule has 6 heteroatoms. The first-order valence-electron chi connectivity index (χ1n) is 11.5. The lowest BCUT2D eigenvalue weighted by molar-refractivity contribution is -0.131. The molecule has 32 heavy (non-hydrogen) atoms. The molecule has 0 aromatic heterocycles. The minimum atomic E-state index is -0.829. The van der Waals surface area contributed by atoms with Gasteiger partial charge in [0.15, 0.2) is 0 Å². The molecule has 170 valence electrons. The van der Waals surface area contributed by atoms with E-state index in [1.165, 1.54) is 4.90 Å². The fraction of sp³-hybridized carbons (Fsp3) is 0.423. The van der Waals surface area contributed by atoms with Gasteiger partial charge in [-0.3, -0.25) is 14.4 Å². The fourth-order valence-electron chi connectivity index (χ4n) is 4.27.